The molecule has 0 nitrogen and oxygen atoms in total. The van der Waals surface area contributed by atoms with E-state index in [1.54, 1.807) is 45.9 Å². The maximum absolute atomic E-state index is 2.52. The molecule has 0 saturated heterocycles. The number of benzene rings is 1. The number of halogens is 2. The molecule has 0 N–H and O–H groups in total. The first-order valence-corrected chi connectivity index (χ1v) is 13.5. The van der Waals surface area contributed by atoms with Crippen LogP contribution in [-0.2, 0) is 24.7 Å². The van der Waals surface area contributed by atoms with Crippen molar-refractivity contribution >= 4 is 30.7 Å². The van der Waals surface area contributed by atoms with Crippen molar-refractivity contribution in [3.8, 4) is 0 Å². The summed E-state index contributed by atoms with van der Waals surface area (Å²) in [5.74, 6) is 0. The quantitative estimate of drug-likeness (QED) is 0.464. The van der Waals surface area contributed by atoms with Crippen LogP contribution in [0.3, 0.4) is 0 Å². The Balaban J connectivity index is 0.000000172. The molecule has 0 fully saturated rings. The number of aryl methyl sites for hydroxylation is 1. The van der Waals surface area contributed by atoms with Gasteiger partial charge in [0.05, 0.1) is 8.07 Å². The molecule has 0 amide bonds. The molecular formula is C20H21Cl2SSiZr. The normalized spacial score (nSPS) is 22.8. The van der Waals surface area contributed by atoms with Gasteiger partial charge in [0.2, 0.25) is 0 Å². The zero-order valence-electron chi connectivity index (χ0n) is 14.9. The van der Waals surface area contributed by atoms with Crippen LogP contribution in [0, 0.1) is 6.92 Å². The number of rotatable bonds is 0. The van der Waals surface area contributed by atoms with Gasteiger partial charge in [-0.05, 0) is 30.7 Å². The van der Waals surface area contributed by atoms with Crippen molar-refractivity contribution in [1.29, 1.82) is 0 Å². The molecule has 2 unspecified atom stereocenters. The van der Waals surface area contributed by atoms with Crippen molar-refractivity contribution in [2.24, 2.45) is 0 Å². The van der Waals surface area contributed by atoms with E-state index < -0.39 is 8.07 Å². The third kappa shape index (κ3) is 3.25. The Labute approximate surface area is 183 Å². The summed E-state index contributed by atoms with van der Waals surface area (Å²) in [6, 6.07) is 11.0. The molecule has 2 bridgehead atoms. The van der Waals surface area contributed by atoms with E-state index in [2.05, 4.69) is 69.4 Å². The molecule has 0 radical (unpaired) electrons. The van der Waals surface area contributed by atoms with Gasteiger partial charge in [-0.2, -0.15) is 0 Å². The molecule has 3 heterocycles. The van der Waals surface area contributed by atoms with Gasteiger partial charge in [0.25, 0.3) is 0 Å². The topological polar surface area (TPSA) is 0 Å². The molecular weight excluding hydrogens is 463 g/mol. The van der Waals surface area contributed by atoms with Gasteiger partial charge in [0.1, 0.15) is 0 Å². The van der Waals surface area contributed by atoms with E-state index in [4.69, 9.17) is 0 Å². The van der Waals surface area contributed by atoms with Crippen LogP contribution in [-0.4, -0.2) is 8.07 Å². The van der Waals surface area contributed by atoms with Crippen LogP contribution in [0.2, 0.25) is 13.1 Å². The molecule has 2 atom stereocenters. The van der Waals surface area contributed by atoms with Crippen LogP contribution in [0.25, 0.3) is 11.3 Å². The Morgan fingerprint density at radius 2 is 1.72 bits per heavy atom. The fourth-order valence-electron chi connectivity index (χ4n) is 4.55. The fraction of sp³-hybridized carbons (Fsp3) is 0.300. The number of fused-ring (bicyclic) bond motifs is 1. The molecule has 1 aromatic carbocycles. The number of allylic oxidation sites excluding steroid dienone is 2. The molecule has 0 saturated carbocycles. The SMILES string of the molecule is CC1=C2c3sc(C)cc3C1[Si]2(C)C.[Cl-].[Cl-].[Zr+2][CH]1C=Cc2ccccc21. The molecule has 1 aromatic heterocycles. The summed E-state index contributed by atoms with van der Waals surface area (Å²) in [5.41, 5.74) is 7.15. The molecule has 0 spiro atoms. The first-order chi connectivity index (χ1) is 10.9. The fourth-order valence-corrected chi connectivity index (χ4v) is 11.7. The Bertz CT molecular complexity index is 866. The number of hydrogen-bond acceptors (Lipinski definition) is 1. The van der Waals surface area contributed by atoms with E-state index in [9.17, 15) is 0 Å². The van der Waals surface area contributed by atoms with Crippen LogP contribution in [0.5, 0.6) is 0 Å². The van der Waals surface area contributed by atoms with Crippen molar-refractivity contribution < 1.29 is 49.5 Å². The van der Waals surface area contributed by atoms with Crippen molar-refractivity contribution in [1.82, 2.24) is 0 Å². The van der Waals surface area contributed by atoms with Crippen molar-refractivity contribution in [3.63, 3.8) is 0 Å². The standard InChI is InChI=1S/C11H14SSi.C9H7.2ClH.Zr/c1-6-5-8-9(12-6)11-7(2)10(8)13(11,3)4;1-2-5-9-7-3-6-8(9)4-1;;;/h5,10H,1-4H3;1-7H;2*1H;/q;;;;+2/p-2. The summed E-state index contributed by atoms with van der Waals surface area (Å²) in [7, 11) is -0.995. The van der Waals surface area contributed by atoms with Gasteiger partial charge in [-0.25, -0.2) is 0 Å². The molecule has 25 heavy (non-hydrogen) atoms. The van der Waals surface area contributed by atoms with E-state index in [0.717, 1.165) is 5.54 Å². The van der Waals surface area contributed by atoms with Crippen molar-refractivity contribution in [3.05, 3.63) is 68.4 Å². The van der Waals surface area contributed by atoms with Gasteiger partial charge in [0, 0.05) is 15.3 Å². The average molecular weight is 484 g/mol. The van der Waals surface area contributed by atoms with Crippen LogP contribution in [0.4, 0.5) is 0 Å². The van der Waals surface area contributed by atoms with E-state index in [1.165, 1.54) is 16.0 Å². The van der Waals surface area contributed by atoms with Crippen molar-refractivity contribution in [2.45, 2.75) is 36.1 Å². The predicted molar refractivity (Wildman–Crippen MR) is 100 cm³/mol. The minimum atomic E-state index is -0.995. The van der Waals surface area contributed by atoms with Crippen LogP contribution >= 0.6 is 11.3 Å². The third-order valence-electron chi connectivity index (χ3n) is 5.41. The van der Waals surface area contributed by atoms with Crippen molar-refractivity contribution in [2.75, 3.05) is 0 Å². The molecule has 6 rings (SSSR count). The Kier molecular flexibility index (Phi) is 6.50. The summed E-state index contributed by atoms with van der Waals surface area (Å²) in [6.45, 7) is 9.59. The summed E-state index contributed by atoms with van der Waals surface area (Å²) in [4.78, 5) is 3.14. The average Bonchev–Trinajstić information content (AvgIpc) is 3.16. The zero-order valence-corrected chi connectivity index (χ0v) is 20.6. The molecule has 129 valence electrons. The van der Waals surface area contributed by atoms with E-state index >= 15 is 0 Å². The Morgan fingerprint density at radius 3 is 2.32 bits per heavy atom. The molecule has 2 aliphatic carbocycles. The second kappa shape index (κ2) is 7.60. The molecule has 4 aliphatic rings. The summed E-state index contributed by atoms with van der Waals surface area (Å²) >= 11 is 3.60. The van der Waals surface area contributed by atoms with Gasteiger partial charge < -0.3 is 24.8 Å². The second-order valence-corrected chi connectivity index (χ2v) is 14.6. The van der Waals surface area contributed by atoms with Gasteiger partial charge in [-0.15, -0.1) is 11.3 Å². The Hall–Kier alpha value is 0.0800. The molecule has 2 aliphatic heterocycles. The number of hydrogen-bond donors (Lipinski definition) is 0. The molecule has 2 aromatic rings. The van der Waals surface area contributed by atoms with Gasteiger partial charge in [-0.1, -0.05) is 18.7 Å². The zero-order chi connectivity index (χ0) is 16.4. The first kappa shape index (κ1) is 21.4. The Morgan fingerprint density at radius 1 is 1.04 bits per heavy atom. The summed E-state index contributed by atoms with van der Waals surface area (Å²) < 4.78 is 0.711. The monoisotopic (exact) mass is 481 g/mol. The van der Waals surface area contributed by atoms with Gasteiger partial charge in [0.15, 0.2) is 0 Å². The maximum atomic E-state index is 2.52. The van der Waals surface area contributed by atoms with Crippen LogP contribution < -0.4 is 24.8 Å². The van der Waals surface area contributed by atoms with E-state index in [0.29, 0.717) is 3.63 Å². The van der Waals surface area contributed by atoms with Gasteiger partial charge in [-0.3, -0.25) is 0 Å². The first-order valence-electron chi connectivity index (χ1n) is 8.21. The number of thiophene rings is 1. The third-order valence-corrected chi connectivity index (χ3v) is 12.0. The van der Waals surface area contributed by atoms with Crippen LogP contribution in [0.1, 0.15) is 42.5 Å². The van der Waals surface area contributed by atoms with Crippen LogP contribution in [0.15, 0.2) is 42.0 Å². The summed E-state index contributed by atoms with van der Waals surface area (Å²) in [6.07, 6.45) is 4.50. The minimum absolute atomic E-state index is 0. The molecule has 5 heteroatoms. The van der Waals surface area contributed by atoms with Gasteiger partial charge >= 0.3 is 75.9 Å². The van der Waals surface area contributed by atoms with E-state index in [1.807, 2.05) is 11.3 Å². The predicted octanol–water partition coefficient (Wildman–Crippen LogP) is 0.0369. The van der Waals surface area contributed by atoms with E-state index in [-0.39, 0.29) is 24.8 Å². The summed E-state index contributed by atoms with van der Waals surface area (Å²) in [5, 5.41) is 1.78. The second-order valence-electron chi connectivity index (χ2n) is 7.32.